The Bertz CT molecular complexity index is 1070. The normalized spacial score (nSPS) is 10.7. The number of hydrogen-bond acceptors (Lipinski definition) is 7. The molecule has 0 aliphatic heterocycles. The van der Waals surface area contributed by atoms with Crippen LogP contribution in [0.4, 0.5) is 0 Å². The molecule has 1 heterocycles. The molecule has 1 aromatic heterocycles. The molecule has 0 spiro atoms. The maximum atomic E-state index is 12.5. The van der Waals surface area contributed by atoms with Crippen molar-refractivity contribution in [2.75, 3.05) is 13.2 Å². The van der Waals surface area contributed by atoms with Gasteiger partial charge in [0.15, 0.2) is 11.5 Å². The molecular formula is C22H22O7. The molecule has 0 amide bonds. The summed E-state index contributed by atoms with van der Waals surface area (Å²) in [6, 6.07) is 10.5. The summed E-state index contributed by atoms with van der Waals surface area (Å²) in [6.45, 7) is 4.70. The van der Waals surface area contributed by atoms with Crippen molar-refractivity contribution in [1.29, 1.82) is 0 Å². The van der Waals surface area contributed by atoms with Gasteiger partial charge < -0.3 is 23.7 Å². The minimum atomic E-state index is -0.592. The first-order chi connectivity index (χ1) is 14.0. The zero-order valence-corrected chi connectivity index (χ0v) is 16.3. The van der Waals surface area contributed by atoms with Gasteiger partial charge in [-0.2, -0.15) is 0 Å². The van der Waals surface area contributed by atoms with E-state index in [1.54, 1.807) is 24.3 Å². The fourth-order valence-corrected chi connectivity index (χ4v) is 2.80. The molecule has 3 rings (SSSR count). The lowest BCUT2D eigenvalue weighted by atomic mass is 10.1. The summed E-state index contributed by atoms with van der Waals surface area (Å²) >= 11 is 0. The van der Waals surface area contributed by atoms with Gasteiger partial charge in [0, 0.05) is 23.1 Å². The Kier molecular flexibility index (Phi) is 6.39. The average Bonchev–Trinajstić information content (AvgIpc) is 2.70. The van der Waals surface area contributed by atoms with Gasteiger partial charge in [0.2, 0.25) is 0 Å². The monoisotopic (exact) mass is 398 g/mol. The molecule has 7 heteroatoms. The Morgan fingerprint density at radius 3 is 2.62 bits per heavy atom. The van der Waals surface area contributed by atoms with Crippen LogP contribution in [0, 0.1) is 0 Å². The third-order valence-corrected chi connectivity index (χ3v) is 4.11. The second kappa shape index (κ2) is 9.14. The van der Waals surface area contributed by atoms with Crippen molar-refractivity contribution in [2.45, 2.75) is 26.9 Å². The first-order valence-corrected chi connectivity index (χ1v) is 9.34. The van der Waals surface area contributed by atoms with Crippen LogP contribution in [0.1, 0.15) is 36.2 Å². The van der Waals surface area contributed by atoms with Gasteiger partial charge in [0.25, 0.3) is 0 Å². The number of phenols is 1. The van der Waals surface area contributed by atoms with Crippen molar-refractivity contribution in [3.05, 3.63) is 64.0 Å². The number of rotatable bonds is 8. The molecule has 0 saturated carbocycles. The van der Waals surface area contributed by atoms with E-state index >= 15 is 0 Å². The van der Waals surface area contributed by atoms with Gasteiger partial charge in [-0.25, -0.2) is 9.59 Å². The Morgan fingerprint density at radius 2 is 1.86 bits per heavy atom. The molecule has 152 valence electrons. The van der Waals surface area contributed by atoms with Crippen molar-refractivity contribution in [3.63, 3.8) is 0 Å². The Hall–Kier alpha value is -3.48. The highest BCUT2D eigenvalue weighted by Crippen LogP contribution is 2.29. The first-order valence-electron chi connectivity index (χ1n) is 9.34. The third kappa shape index (κ3) is 4.87. The molecule has 0 aliphatic rings. The molecule has 1 N–H and O–H groups in total. The number of carbonyl (C=O) groups excluding carboxylic acids is 1. The number of fused-ring (bicyclic) bond motifs is 1. The number of hydrogen-bond donors (Lipinski definition) is 1. The topological polar surface area (TPSA) is 95.2 Å². The van der Waals surface area contributed by atoms with E-state index < -0.39 is 11.6 Å². The Labute approximate surface area is 167 Å². The summed E-state index contributed by atoms with van der Waals surface area (Å²) in [5, 5.41) is 10.1. The molecule has 0 atom stereocenters. The van der Waals surface area contributed by atoms with Crippen molar-refractivity contribution in [1.82, 2.24) is 0 Å². The third-order valence-electron chi connectivity index (χ3n) is 4.11. The Balaban J connectivity index is 1.80. The van der Waals surface area contributed by atoms with E-state index in [-0.39, 0.29) is 17.9 Å². The largest absolute Gasteiger partial charge is 0.508 e. The van der Waals surface area contributed by atoms with Crippen LogP contribution in [0.5, 0.6) is 17.2 Å². The second-order valence-electron chi connectivity index (χ2n) is 6.29. The minimum absolute atomic E-state index is 0.0244. The van der Waals surface area contributed by atoms with Crippen LogP contribution in [0.3, 0.4) is 0 Å². The predicted octanol–water partition coefficient (Wildman–Crippen LogP) is 4.04. The summed E-state index contributed by atoms with van der Waals surface area (Å²) < 4.78 is 21.7. The summed E-state index contributed by atoms with van der Waals surface area (Å²) in [5.41, 5.74) is 0.421. The quantitative estimate of drug-likeness (QED) is 0.452. The molecule has 2 aromatic carbocycles. The lowest BCUT2D eigenvalue weighted by molar-refractivity contribution is 0.0473. The van der Waals surface area contributed by atoms with Gasteiger partial charge in [-0.15, -0.1) is 0 Å². The highest BCUT2D eigenvalue weighted by Gasteiger charge is 2.14. The highest BCUT2D eigenvalue weighted by molar-refractivity contribution is 5.90. The van der Waals surface area contributed by atoms with Crippen molar-refractivity contribution in [3.8, 4) is 17.2 Å². The number of esters is 1. The number of carbonyl (C=O) groups is 1. The van der Waals surface area contributed by atoms with E-state index in [9.17, 15) is 14.7 Å². The van der Waals surface area contributed by atoms with Gasteiger partial charge in [-0.05, 0) is 43.7 Å². The van der Waals surface area contributed by atoms with Crippen LogP contribution in [0.25, 0.3) is 11.0 Å². The Morgan fingerprint density at radius 1 is 1.03 bits per heavy atom. The van der Waals surface area contributed by atoms with E-state index in [0.29, 0.717) is 41.2 Å². The molecule has 0 bridgehead atoms. The smallest absolute Gasteiger partial charge is 0.338 e. The summed E-state index contributed by atoms with van der Waals surface area (Å²) in [6.07, 6.45) is 0.853. The second-order valence-corrected chi connectivity index (χ2v) is 6.29. The van der Waals surface area contributed by atoms with Gasteiger partial charge >= 0.3 is 11.6 Å². The van der Waals surface area contributed by atoms with Crippen molar-refractivity contribution >= 4 is 16.9 Å². The van der Waals surface area contributed by atoms with Crippen LogP contribution in [0.2, 0.25) is 0 Å². The molecule has 0 unspecified atom stereocenters. The van der Waals surface area contributed by atoms with E-state index in [1.807, 2.05) is 13.8 Å². The molecule has 3 aromatic rings. The van der Waals surface area contributed by atoms with E-state index in [2.05, 4.69) is 0 Å². The van der Waals surface area contributed by atoms with Crippen molar-refractivity contribution < 1.29 is 28.5 Å². The van der Waals surface area contributed by atoms with Gasteiger partial charge in [-0.1, -0.05) is 6.92 Å². The first kappa shape index (κ1) is 20.3. The zero-order valence-electron chi connectivity index (χ0n) is 16.3. The van der Waals surface area contributed by atoms with Crippen molar-refractivity contribution in [2.24, 2.45) is 0 Å². The summed E-state index contributed by atoms with van der Waals surface area (Å²) in [4.78, 5) is 24.3. The minimum Gasteiger partial charge on any atom is -0.508 e. The van der Waals surface area contributed by atoms with E-state index in [0.717, 1.165) is 6.42 Å². The maximum Gasteiger partial charge on any atom is 0.338 e. The molecule has 0 aliphatic carbocycles. The van der Waals surface area contributed by atoms with Gasteiger partial charge in [-0.3, -0.25) is 0 Å². The number of benzene rings is 2. The molecule has 0 radical (unpaired) electrons. The highest BCUT2D eigenvalue weighted by atomic mass is 16.5. The summed E-state index contributed by atoms with van der Waals surface area (Å²) in [5.74, 6) is 0.449. The predicted molar refractivity (Wildman–Crippen MR) is 107 cm³/mol. The molecular weight excluding hydrogens is 376 g/mol. The molecule has 0 fully saturated rings. The van der Waals surface area contributed by atoms with Crippen LogP contribution < -0.4 is 15.1 Å². The van der Waals surface area contributed by atoms with Crippen LogP contribution >= 0.6 is 0 Å². The number of phenolic OH excluding ortho intramolecular Hbond substituents is 1. The van der Waals surface area contributed by atoms with Crippen LogP contribution in [-0.4, -0.2) is 24.3 Å². The summed E-state index contributed by atoms with van der Waals surface area (Å²) in [7, 11) is 0. The fourth-order valence-electron chi connectivity index (χ4n) is 2.80. The zero-order chi connectivity index (χ0) is 20.8. The standard InChI is InChI=1S/C22H22O7/c1-3-9-27-18-8-5-14(10-20(18)26-4-2)22(25)28-13-15-11-21(24)29-19-12-16(23)6-7-17(15)19/h5-8,10-12,23H,3-4,9,13H2,1-2H3. The maximum absolute atomic E-state index is 12.5. The molecule has 0 saturated heterocycles. The van der Waals surface area contributed by atoms with Crippen LogP contribution in [-0.2, 0) is 11.3 Å². The lowest BCUT2D eigenvalue weighted by Gasteiger charge is -2.13. The average molecular weight is 398 g/mol. The number of aromatic hydroxyl groups is 1. The molecule has 29 heavy (non-hydrogen) atoms. The van der Waals surface area contributed by atoms with Gasteiger partial charge in [0.1, 0.15) is 17.9 Å². The molecule has 7 nitrogen and oxygen atoms in total. The number of ether oxygens (including phenoxy) is 3. The van der Waals surface area contributed by atoms with E-state index in [1.165, 1.54) is 18.2 Å². The van der Waals surface area contributed by atoms with Gasteiger partial charge in [0.05, 0.1) is 18.8 Å². The fraction of sp³-hybridized carbons (Fsp3) is 0.273. The lowest BCUT2D eigenvalue weighted by Crippen LogP contribution is -2.09. The SMILES string of the molecule is CCCOc1ccc(C(=O)OCc2cc(=O)oc3cc(O)ccc23)cc1OCC. The van der Waals surface area contributed by atoms with E-state index in [4.69, 9.17) is 18.6 Å². The van der Waals surface area contributed by atoms with Crippen LogP contribution in [0.15, 0.2) is 51.7 Å².